The van der Waals surface area contributed by atoms with Crippen LogP contribution >= 0.6 is 0 Å². The van der Waals surface area contributed by atoms with E-state index in [9.17, 15) is 14.0 Å². The van der Waals surface area contributed by atoms with Crippen LogP contribution in [0.2, 0.25) is 0 Å². The number of likely N-dealkylation sites (N-methyl/N-ethyl adjacent to an activating group) is 1. The molecule has 1 atom stereocenters. The van der Waals surface area contributed by atoms with Crippen LogP contribution in [0.25, 0.3) is 0 Å². The van der Waals surface area contributed by atoms with Gasteiger partial charge < -0.3 is 20.3 Å². The lowest BCUT2D eigenvalue weighted by Gasteiger charge is -2.34. The topological polar surface area (TPSA) is 70.7 Å². The summed E-state index contributed by atoms with van der Waals surface area (Å²) in [5, 5.41) is 5.27. The zero-order valence-electron chi connectivity index (χ0n) is 13.7. The summed E-state index contributed by atoms with van der Waals surface area (Å²) in [7, 11) is 1.54. The van der Waals surface area contributed by atoms with Gasteiger partial charge in [0.2, 0.25) is 5.91 Å². The van der Waals surface area contributed by atoms with Crippen LogP contribution in [-0.2, 0) is 9.59 Å². The third kappa shape index (κ3) is 3.88. The Morgan fingerprint density at radius 3 is 2.64 bits per heavy atom. The van der Waals surface area contributed by atoms with Crippen LogP contribution in [0.5, 0.6) is 5.75 Å². The number of hydrogen-bond donors (Lipinski definition) is 2. The van der Waals surface area contributed by atoms with E-state index in [1.807, 2.05) is 18.2 Å². The number of carbonyl (C=O) groups excluding carboxylic acids is 2. The van der Waals surface area contributed by atoms with E-state index < -0.39 is 6.10 Å². The molecule has 0 spiro atoms. The monoisotopic (exact) mass is 343 g/mol. The molecule has 1 unspecified atom stereocenters. The van der Waals surface area contributed by atoms with Crippen molar-refractivity contribution >= 4 is 23.2 Å². The van der Waals surface area contributed by atoms with Gasteiger partial charge in [0.05, 0.1) is 18.8 Å². The predicted octanol–water partition coefficient (Wildman–Crippen LogP) is 1.78. The van der Waals surface area contributed by atoms with Crippen molar-refractivity contribution in [2.24, 2.45) is 0 Å². The Labute approximate surface area is 144 Å². The fourth-order valence-electron chi connectivity index (χ4n) is 2.66. The molecule has 1 heterocycles. The van der Waals surface area contributed by atoms with Crippen LogP contribution in [0.3, 0.4) is 0 Å². The second-order valence-electron chi connectivity index (χ2n) is 5.62. The van der Waals surface area contributed by atoms with E-state index in [1.165, 1.54) is 31.3 Å². The number of amides is 2. The van der Waals surface area contributed by atoms with Gasteiger partial charge in [0.15, 0.2) is 6.10 Å². The first kappa shape index (κ1) is 16.8. The first-order valence-corrected chi connectivity index (χ1v) is 7.84. The maximum atomic E-state index is 12.9. The lowest BCUT2D eigenvalue weighted by Crippen LogP contribution is -2.50. The minimum absolute atomic E-state index is 0.0469. The number of anilines is 2. The number of ether oxygens (including phenoxy) is 1. The van der Waals surface area contributed by atoms with Gasteiger partial charge >= 0.3 is 0 Å². The van der Waals surface area contributed by atoms with Crippen LogP contribution in [0.4, 0.5) is 15.8 Å². The van der Waals surface area contributed by atoms with Crippen LogP contribution in [0.15, 0.2) is 48.5 Å². The molecule has 0 saturated carbocycles. The summed E-state index contributed by atoms with van der Waals surface area (Å²) in [6.07, 6.45) is -0.696. The smallest absolute Gasteiger partial charge is 0.262 e. The lowest BCUT2D eigenvalue weighted by molar-refractivity contribution is -0.127. The Morgan fingerprint density at radius 1 is 1.20 bits per heavy atom. The van der Waals surface area contributed by atoms with E-state index in [0.717, 1.165) is 5.69 Å². The van der Waals surface area contributed by atoms with Crippen molar-refractivity contribution in [2.75, 3.05) is 30.4 Å². The molecule has 1 aliphatic rings. The first-order chi connectivity index (χ1) is 12.1. The van der Waals surface area contributed by atoms with Crippen molar-refractivity contribution in [1.82, 2.24) is 5.32 Å². The Morgan fingerprint density at radius 2 is 1.92 bits per heavy atom. The summed E-state index contributed by atoms with van der Waals surface area (Å²) in [6.45, 7) is 0.304. The molecule has 2 aromatic rings. The number of halogens is 1. The molecule has 0 bridgehead atoms. The van der Waals surface area contributed by atoms with E-state index >= 15 is 0 Å². The molecule has 25 heavy (non-hydrogen) atoms. The molecule has 2 amide bonds. The minimum Gasteiger partial charge on any atom is -0.477 e. The fourth-order valence-corrected chi connectivity index (χ4v) is 2.66. The van der Waals surface area contributed by atoms with E-state index in [-0.39, 0.29) is 30.7 Å². The number of nitrogens with zero attached hydrogens (tertiary/aromatic N) is 1. The number of rotatable bonds is 4. The maximum absolute atomic E-state index is 12.9. The summed E-state index contributed by atoms with van der Waals surface area (Å²) < 4.78 is 18.6. The van der Waals surface area contributed by atoms with E-state index in [4.69, 9.17) is 4.74 Å². The molecular weight excluding hydrogens is 325 g/mol. The summed E-state index contributed by atoms with van der Waals surface area (Å²) in [4.78, 5) is 26.1. The van der Waals surface area contributed by atoms with Gasteiger partial charge in [0.25, 0.3) is 5.91 Å². The molecule has 3 rings (SSSR count). The number of hydrogen-bond acceptors (Lipinski definition) is 4. The Hall–Kier alpha value is -3.09. The van der Waals surface area contributed by atoms with Gasteiger partial charge in [-0.15, -0.1) is 0 Å². The van der Waals surface area contributed by atoms with Crippen molar-refractivity contribution in [3.63, 3.8) is 0 Å². The van der Waals surface area contributed by atoms with Crippen LogP contribution in [0.1, 0.15) is 0 Å². The molecule has 130 valence electrons. The van der Waals surface area contributed by atoms with Gasteiger partial charge in [-0.05, 0) is 36.4 Å². The fraction of sp³-hybridized carbons (Fsp3) is 0.222. The zero-order chi connectivity index (χ0) is 17.8. The average molecular weight is 343 g/mol. The normalized spacial score (nSPS) is 15.8. The Bertz CT molecular complexity index is 779. The summed E-state index contributed by atoms with van der Waals surface area (Å²) in [6, 6.07) is 12.8. The largest absolute Gasteiger partial charge is 0.477 e. The highest BCUT2D eigenvalue weighted by Gasteiger charge is 2.30. The Kier molecular flexibility index (Phi) is 4.83. The molecule has 6 nitrogen and oxygen atoms in total. The third-order valence-corrected chi connectivity index (χ3v) is 3.86. The van der Waals surface area contributed by atoms with Crippen LogP contribution < -0.4 is 20.3 Å². The minimum atomic E-state index is -0.696. The summed E-state index contributed by atoms with van der Waals surface area (Å²) in [5.41, 5.74) is 1.26. The first-order valence-electron chi connectivity index (χ1n) is 7.84. The number of carbonyl (C=O) groups is 2. The number of fused-ring (bicyclic) bond motifs is 1. The molecule has 2 N–H and O–H groups in total. The van der Waals surface area contributed by atoms with Gasteiger partial charge in [-0.2, -0.15) is 0 Å². The second kappa shape index (κ2) is 7.21. The molecule has 7 heteroatoms. The van der Waals surface area contributed by atoms with E-state index in [1.54, 1.807) is 11.0 Å². The van der Waals surface area contributed by atoms with Crippen molar-refractivity contribution in [2.45, 2.75) is 6.10 Å². The van der Waals surface area contributed by atoms with Crippen molar-refractivity contribution in [1.29, 1.82) is 0 Å². The highest BCUT2D eigenvalue weighted by atomic mass is 19.1. The third-order valence-electron chi connectivity index (χ3n) is 3.86. The van der Waals surface area contributed by atoms with E-state index in [0.29, 0.717) is 11.4 Å². The van der Waals surface area contributed by atoms with Crippen molar-refractivity contribution < 1.29 is 18.7 Å². The molecular formula is C18H18FN3O3. The molecule has 1 aliphatic heterocycles. The molecule has 0 radical (unpaired) electrons. The van der Waals surface area contributed by atoms with Gasteiger partial charge in [-0.1, -0.05) is 12.1 Å². The molecule has 0 aliphatic carbocycles. The standard InChI is InChI=1S/C18H18FN3O3/c1-20-18(24)16-10-22(14-4-2-3-5-15(14)25-16)11-17(23)21-13-8-6-12(19)7-9-13/h2-9,16H,10-11H2,1H3,(H,20,24)(H,21,23). The SMILES string of the molecule is CNC(=O)C1CN(CC(=O)Nc2ccc(F)cc2)c2ccccc2O1. The highest BCUT2D eigenvalue weighted by molar-refractivity contribution is 5.94. The summed E-state index contributed by atoms with van der Waals surface area (Å²) >= 11 is 0. The van der Waals surface area contributed by atoms with E-state index in [2.05, 4.69) is 10.6 Å². The van der Waals surface area contributed by atoms with Gasteiger partial charge in [-0.3, -0.25) is 9.59 Å². The zero-order valence-corrected chi connectivity index (χ0v) is 13.7. The van der Waals surface area contributed by atoms with Gasteiger partial charge in [-0.25, -0.2) is 4.39 Å². The molecule has 0 aromatic heterocycles. The molecule has 0 saturated heterocycles. The molecule has 2 aromatic carbocycles. The second-order valence-corrected chi connectivity index (χ2v) is 5.62. The van der Waals surface area contributed by atoms with Crippen molar-refractivity contribution in [3.8, 4) is 5.75 Å². The van der Waals surface area contributed by atoms with Gasteiger partial charge in [0, 0.05) is 12.7 Å². The average Bonchev–Trinajstić information content (AvgIpc) is 2.62. The predicted molar refractivity (Wildman–Crippen MR) is 92.2 cm³/mol. The number of nitrogens with one attached hydrogen (secondary N) is 2. The quantitative estimate of drug-likeness (QED) is 0.888. The Balaban J connectivity index is 1.74. The van der Waals surface area contributed by atoms with Gasteiger partial charge in [0.1, 0.15) is 11.6 Å². The number of para-hydroxylation sites is 2. The lowest BCUT2D eigenvalue weighted by atomic mass is 10.1. The van der Waals surface area contributed by atoms with Crippen LogP contribution in [-0.4, -0.2) is 38.1 Å². The molecule has 0 fully saturated rings. The van der Waals surface area contributed by atoms with Crippen molar-refractivity contribution in [3.05, 3.63) is 54.3 Å². The maximum Gasteiger partial charge on any atom is 0.262 e. The summed E-state index contributed by atoms with van der Waals surface area (Å²) in [5.74, 6) is -0.331. The van der Waals surface area contributed by atoms with Crippen LogP contribution in [0, 0.1) is 5.82 Å². The number of benzene rings is 2. The highest BCUT2D eigenvalue weighted by Crippen LogP contribution is 2.32.